The van der Waals surface area contributed by atoms with Gasteiger partial charge in [-0.2, -0.15) is 0 Å². The average molecular weight is 442 g/mol. The molecule has 0 heterocycles. The third-order valence-corrected chi connectivity index (χ3v) is 4.08. The van der Waals surface area contributed by atoms with Crippen LogP contribution < -0.4 is 5.48 Å². The lowest BCUT2D eigenvalue weighted by Gasteiger charge is -2.06. The number of hydrogen-bond donors (Lipinski definition) is 1. The molecule has 1 N–H and O–H groups in total. The molecule has 1 amide bonds. The Labute approximate surface area is 168 Å². The van der Waals surface area contributed by atoms with E-state index in [1.807, 2.05) is 0 Å². The lowest BCUT2D eigenvalue weighted by molar-refractivity contribution is 0.0596. The van der Waals surface area contributed by atoms with E-state index >= 15 is 0 Å². The summed E-state index contributed by atoms with van der Waals surface area (Å²) in [6.45, 7) is 0. The molecule has 3 rings (SSSR count). The first-order valence-corrected chi connectivity index (χ1v) is 8.85. The number of azo groups is 1. The summed E-state index contributed by atoms with van der Waals surface area (Å²) in [6, 6.07) is 18.2. The zero-order valence-corrected chi connectivity index (χ0v) is 15.9. The van der Waals surface area contributed by atoms with Crippen molar-refractivity contribution in [3.63, 3.8) is 0 Å². The van der Waals surface area contributed by atoms with Crippen LogP contribution in [0.1, 0.15) is 20.7 Å². The van der Waals surface area contributed by atoms with E-state index in [2.05, 4.69) is 31.6 Å². The molecule has 0 saturated heterocycles. The molecule has 0 aliphatic rings. The maximum atomic E-state index is 12.9. The lowest BCUT2D eigenvalue weighted by Crippen LogP contribution is -2.10. The van der Waals surface area contributed by atoms with Crippen LogP contribution >= 0.6 is 15.9 Å². The molecular weight excluding hydrogens is 429 g/mol. The van der Waals surface area contributed by atoms with Gasteiger partial charge in [0.25, 0.3) is 5.91 Å². The monoisotopic (exact) mass is 441 g/mol. The summed E-state index contributed by atoms with van der Waals surface area (Å²) in [5, 5.41) is 7.57. The fourth-order valence-corrected chi connectivity index (χ4v) is 2.36. The molecule has 3 aromatic carbocycles. The Kier molecular flexibility index (Phi) is 6.23. The number of halogens is 2. The van der Waals surface area contributed by atoms with Gasteiger partial charge in [0, 0.05) is 10.0 Å². The molecule has 0 aliphatic carbocycles. The molecule has 140 valence electrons. The molecule has 0 radical (unpaired) electrons. The molecule has 0 unspecified atom stereocenters. The zero-order chi connectivity index (χ0) is 19.9. The fraction of sp³-hybridized carbons (Fsp3) is 0. The number of amides is 1. The van der Waals surface area contributed by atoms with E-state index in [0.29, 0.717) is 16.9 Å². The highest BCUT2D eigenvalue weighted by atomic mass is 79.9. The molecular formula is C20H13BrFN3O3. The number of anilines is 1. The van der Waals surface area contributed by atoms with Crippen molar-refractivity contribution in [1.29, 1.82) is 0 Å². The highest BCUT2D eigenvalue weighted by Gasteiger charge is 2.08. The molecule has 8 heteroatoms. The van der Waals surface area contributed by atoms with Gasteiger partial charge in [-0.1, -0.05) is 15.9 Å². The van der Waals surface area contributed by atoms with E-state index in [1.54, 1.807) is 48.5 Å². The predicted octanol–water partition coefficient (Wildman–Crippen LogP) is 5.70. The molecule has 0 aromatic heterocycles. The van der Waals surface area contributed by atoms with Gasteiger partial charge in [0.1, 0.15) is 5.82 Å². The van der Waals surface area contributed by atoms with Gasteiger partial charge in [0.15, 0.2) is 0 Å². The van der Waals surface area contributed by atoms with Gasteiger partial charge in [-0.25, -0.2) is 14.7 Å². The average Bonchev–Trinajstić information content (AvgIpc) is 2.72. The van der Waals surface area contributed by atoms with Crippen LogP contribution in [-0.4, -0.2) is 11.9 Å². The summed E-state index contributed by atoms with van der Waals surface area (Å²) in [5.74, 6) is -1.54. The summed E-state index contributed by atoms with van der Waals surface area (Å²) < 4.78 is 13.7. The topological polar surface area (TPSA) is 80.1 Å². The van der Waals surface area contributed by atoms with Crippen molar-refractivity contribution in [2.24, 2.45) is 10.2 Å². The van der Waals surface area contributed by atoms with Crippen molar-refractivity contribution < 1.29 is 18.8 Å². The van der Waals surface area contributed by atoms with Crippen LogP contribution in [0.15, 0.2) is 87.5 Å². The molecule has 0 saturated carbocycles. The quantitative estimate of drug-likeness (QED) is 0.406. The van der Waals surface area contributed by atoms with Crippen molar-refractivity contribution in [3.05, 3.63) is 94.2 Å². The van der Waals surface area contributed by atoms with Crippen LogP contribution in [0.4, 0.5) is 15.8 Å². The zero-order valence-electron chi connectivity index (χ0n) is 14.3. The molecule has 0 fully saturated rings. The SMILES string of the molecule is O=C(N=Nc1ccc(NOC(=O)c2ccc(F)cc2)cc1)c1ccc(Br)cc1. The van der Waals surface area contributed by atoms with E-state index in [0.717, 1.165) is 4.47 Å². The fourth-order valence-electron chi connectivity index (χ4n) is 2.10. The number of hydrogen-bond acceptors (Lipinski definition) is 5. The van der Waals surface area contributed by atoms with Crippen LogP contribution in [0.5, 0.6) is 0 Å². The third-order valence-electron chi connectivity index (χ3n) is 3.56. The van der Waals surface area contributed by atoms with Gasteiger partial charge in [0.05, 0.1) is 16.9 Å². The minimum Gasteiger partial charge on any atom is -0.338 e. The van der Waals surface area contributed by atoms with Gasteiger partial charge in [-0.3, -0.25) is 4.79 Å². The van der Waals surface area contributed by atoms with Crippen LogP contribution in [0.2, 0.25) is 0 Å². The Morgan fingerprint density at radius 1 is 0.857 bits per heavy atom. The normalized spacial score (nSPS) is 10.6. The first-order valence-electron chi connectivity index (χ1n) is 8.06. The van der Waals surface area contributed by atoms with Crippen molar-refractivity contribution >= 4 is 39.2 Å². The standard InChI is InChI=1S/C20H13BrFN3O3/c21-15-5-1-13(2-6-15)19(26)24-23-17-9-11-18(12-10-17)25-28-20(27)14-3-7-16(22)8-4-14/h1-12,25H. The van der Waals surface area contributed by atoms with Crippen LogP contribution in [0, 0.1) is 5.82 Å². The molecule has 0 bridgehead atoms. The number of carbonyl (C=O) groups is 2. The number of rotatable bonds is 5. The number of carbonyl (C=O) groups excluding carboxylic acids is 2. The molecule has 0 atom stereocenters. The van der Waals surface area contributed by atoms with Crippen LogP contribution in [0.3, 0.4) is 0 Å². The van der Waals surface area contributed by atoms with E-state index in [1.165, 1.54) is 24.3 Å². The van der Waals surface area contributed by atoms with Crippen LogP contribution in [0.25, 0.3) is 0 Å². The maximum absolute atomic E-state index is 12.9. The summed E-state index contributed by atoms with van der Waals surface area (Å²) >= 11 is 3.30. The number of nitrogens with zero attached hydrogens (tertiary/aromatic N) is 2. The molecule has 0 spiro atoms. The second-order valence-electron chi connectivity index (χ2n) is 5.56. The molecule has 28 heavy (non-hydrogen) atoms. The smallest absolute Gasteiger partial charge is 0.338 e. The van der Waals surface area contributed by atoms with E-state index in [-0.39, 0.29) is 5.56 Å². The molecule has 3 aromatic rings. The van der Waals surface area contributed by atoms with Crippen LogP contribution in [-0.2, 0) is 4.84 Å². The molecule has 0 aliphatic heterocycles. The second-order valence-corrected chi connectivity index (χ2v) is 6.47. The van der Waals surface area contributed by atoms with Crippen molar-refractivity contribution in [3.8, 4) is 0 Å². The highest BCUT2D eigenvalue weighted by Crippen LogP contribution is 2.18. The van der Waals surface area contributed by atoms with Gasteiger partial charge in [0.2, 0.25) is 0 Å². The summed E-state index contributed by atoms with van der Waals surface area (Å²) in [7, 11) is 0. The first-order chi connectivity index (χ1) is 13.5. The summed E-state index contributed by atoms with van der Waals surface area (Å²) in [4.78, 5) is 28.7. The lowest BCUT2D eigenvalue weighted by atomic mass is 10.2. The highest BCUT2D eigenvalue weighted by molar-refractivity contribution is 9.10. The predicted molar refractivity (Wildman–Crippen MR) is 105 cm³/mol. The third kappa shape index (κ3) is 5.31. The van der Waals surface area contributed by atoms with Crippen molar-refractivity contribution in [2.45, 2.75) is 0 Å². The van der Waals surface area contributed by atoms with Crippen molar-refractivity contribution in [2.75, 3.05) is 5.48 Å². The Balaban J connectivity index is 1.55. The summed E-state index contributed by atoms with van der Waals surface area (Å²) in [5.41, 5.74) is 4.09. The van der Waals surface area contributed by atoms with Gasteiger partial charge in [-0.15, -0.1) is 10.2 Å². The number of benzene rings is 3. The minimum absolute atomic E-state index is 0.214. The Morgan fingerprint density at radius 2 is 1.46 bits per heavy atom. The second kappa shape index (κ2) is 9.01. The van der Waals surface area contributed by atoms with E-state index in [9.17, 15) is 14.0 Å². The summed E-state index contributed by atoms with van der Waals surface area (Å²) in [6.07, 6.45) is 0. The maximum Gasteiger partial charge on any atom is 0.362 e. The van der Waals surface area contributed by atoms with Crippen molar-refractivity contribution in [1.82, 2.24) is 0 Å². The first kappa shape index (κ1) is 19.4. The molecule has 6 nitrogen and oxygen atoms in total. The van der Waals surface area contributed by atoms with Gasteiger partial charge < -0.3 is 4.84 Å². The number of nitrogens with one attached hydrogen (secondary N) is 1. The van der Waals surface area contributed by atoms with E-state index < -0.39 is 17.7 Å². The minimum atomic E-state index is -0.649. The Bertz CT molecular complexity index is 1000. The largest absolute Gasteiger partial charge is 0.362 e. The van der Waals surface area contributed by atoms with Gasteiger partial charge >= 0.3 is 5.97 Å². The van der Waals surface area contributed by atoms with Gasteiger partial charge in [-0.05, 0) is 72.8 Å². The Hall–Kier alpha value is -3.39. The van der Waals surface area contributed by atoms with E-state index in [4.69, 9.17) is 4.84 Å². The Morgan fingerprint density at radius 3 is 2.11 bits per heavy atom.